The van der Waals surface area contributed by atoms with E-state index in [0.717, 1.165) is 30.3 Å². The van der Waals surface area contributed by atoms with Gasteiger partial charge in [0.25, 0.3) is 0 Å². The molecule has 0 aliphatic carbocycles. The van der Waals surface area contributed by atoms with Crippen LogP contribution in [-0.4, -0.2) is 22.7 Å². The Balaban J connectivity index is 1.96. The summed E-state index contributed by atoms with van der Waals surface area (Å²) in [4.78, 5) is 4.35. The average molecular weight is 266 g/mol. The highest BCUT2D eigenvalue weighted by atomic mass is 16.3. The van der Waals surface area contributed by atoms with E-state index in [-0.39, 0.29) is 5.75 Å². The number of fused-ring (bicyclic) bond motifs is 1. The molecule has 1 aromatic carbocycles. The Kier molecular flexibility index (Phi) is 3.52. The van der Waals surface area contributed by atoms with Crippen molar-refractivity contribution in [2.45, 2.75) is 18.9 Å². The van der Waals surface area contributed by atoms with E-state index in [4.69, 9.17) is 0 Å². The Bertz CT molecular complexity index is 676. The first kappa shape index (κ1) is 12.9. The first-order valence-corrected chi connectivity index (χ1v) is 6.89. The lowest BCUT2D eigenvalue weighted by Gasteiger charge is -2.14. The fourth-order valence-electron chi connectivity index (χ4n) is 2.84. The van der Waals surface area contributed by atoms with Crippen molar-refractivity contribution in [3.63, 3.8) is 0 Å². The fourth-order valence-corrected chi connectivity index (χ4v) is 2.84. The standard InChI is InChI=1S/C17H18N2O/c1-2-3-12-6-8-19-17(12)10-13-7-9-18-16-5-4-14(20)11-15(13)16/h2-5,7,9,11,17,19-20H,1,6,8,10H2/b12-3-. The molecule has 2 heterocycles. The molecule has 0 spiro atoms. The molecular formula is C17H18N2O. The van der Waals surface area contributed by atoms with Gasteiger partial charge in [-0.15, -0.1) is 0 Å². The predicted octanol–water partition coefficient (Wildman–Crippen LogP) is 2.96. The second kappa shape index (κ2) is 5.47. The van der Waals surface area contributed by atoms with Crippen molar-refractivity contribution in [1.82, 2.24) is 10.3 Å². The molecule has 102 valence electrons. The van der Waals surface area contributed by atoms with Crippen molar-refractivity contribution >= 4 is 10.9 Å². The number of nitrogens with one attached hydrogen (secondary N) is 1. The van der Waals surface area contributed by atoms with Gasteiger partial charge in [-0.2, -0.15) is 0 Å². The van der Waals surface area contributed by atoms with Crippen molar-refractivity contribution in [3.8, 4) is 5.75 Å². The predicted molar refractivity (Wildman–Crippen MR) is 81.8 cm³/mol. The molecule has 1 fully saturated rings. The first-order valence-electron chi connectivity index (χ1n) is 6.89. The monoisotopic (exact) mass is 266 g/mol. The topological polar surface area (TPSA) is 45.2 Å². The molecular weight excluding hydrogens is 248 g/mol. The van der Waals surface area contributed by atoms with Crippen molar-refractivity contribution in [2.75, 3.05) is 6.54 Å². The van der Waals surface area contributed by atoms with Gasteiger partial charge in [-0.25, -0.2) is 0 Å². The fraction of sp³-hybridized carbons (Fsp3) is 0.235. The summed E-state index contributed by atoms with van der Waals surface area (Å²) in [5.41, 5.74) is 3.53. The first-order chi connectivity index (χ1) is 9.78. The molecule has 1 aliphatic heterocycles. The molecule has 1 saturated heterocycles. The molecule has 2 N–H and O–H groups in total. The van der Waals surface area contributed by atoms with Gasteiger partial charge in [-0.3, -0.25) is 4.98 Å². The van der Waals surface area contributed by atoms with Crippen LogP contribution < -0.4 is 5.32 Å². The molecule has 0 saturated carbocycles. The van der Waals surface area contributed by atoms with Crippen LogP contribution in [-0.2, 0) is 6.42 Å². The molecule has 3 nitrogen and oxygen atoms in total. The van der Waals surface area contributed by atoms with Gasteiger partial charge in [0.1, 0.15) is 5.75 Å². The summed E-state index contributed by atoms with van der Waals surface area (Å²) in [6.45, 7) is 4.79. The van der Waals surface area contributed by atoms with Gasteiger partial charge in [0.15, 0.2) is 0 Å². The van der Waals surface area contributed by atoms with Crippen molar-refractivity contribution in [2.24, 2.45) is 0 Å². The summed E-state index contributed by atoms with van der Waals surface area (Å²) < 4.78 is 0. The summed E-state index contributed by atoms with van der Waals surface area (Å²) in [5.74, 6) is 0.285. The Morgan fingerprint density at radius 1 is 1.40 bits per heavy atom. The molecule has 3 heteroatoms. The highest BCUT2D eigenvalue weighted by molar-refractivity contribution is 5.83. The Morgan fingerprint density at radius 2 is 2.30 bits per heavy atom. The van der Waals surface area contributed by atoms with E-state index in [9.17, 15) is 5.11 Å². The van der Waals surface area contributed by atoms with Crippen LogP contribution in [0.5, 0.6) is 5.75 Å². The maximum Gasteiger partial charge on any atom is 0.116 e. The van der Waals surface area contributed by atoms with Crippen LogP contribution in [0, 0.1) is 0 Å². The van der Waals surface area contributed by atoms with Crippen LogP contribution in [0.1, 0.15) is 12.0 Å². The molecule has 0 bridgehead atoms. The van der Waals surface area contributed by atoms with Crippen LogP contribution in [0.25, 0.3) is 10.9 Å². The van der Waals surface area contributed by atoms with Crippen molar-refractivity contribution < 1.29 is 5.11 Å². The molecule has 0 amide bonds. The van der Waals surface area contributed by atoms with E-state index in [1.807, 2.05) is 24.4 Å². The lowest BCUT2D eigenvalue weighted by atomic mass is 9.97. The smallest absolute Gasteiger partial charge is 0.116 e. The van der Waals surface area contributed by atoms with Crippen LogP contribution in [0.3, 0.4) is 0 Å². The van der Waals surface area contributed by atoms with Gasteiger partial charge in [0.2, 0.25) is 0 Å². The number of aromatic nitrogens is 1. The number of pyridine rings is 1. The number of allylic oxidation sites excluding steroid dienone is 2. The van der Waals surface area contributed by atoms with Gasteiger partial charge >= 0.3 is 0 Å². The second-order valence-corrected chi connectivity index (χ2v) is 5.11. The number of phenolic OH excluding ortho intramolecular Hbond substituents is 1. The second-order valence-electron chi connectivity index (χ2n) is 5.11. The molecule has 2 aromatic rings. The minimum atomic E-state index is 0.285. The third-order valence-corrected chi connectivity index (χ3v) is 3.82. The SMILES string of the molecule is C=C/C=C1/CCNC1Cc1ccnc2ccc(O)cc12. The average Bonchev–Trinajstić information content (AvgIpc) is 2.87. The highest BCUT2D eigenvalue weighted by Gasteiger charge is 2.20. The maximum atomic E-state index is 9.68. The summed E-state index contributed by atoms with van der Waals surface area (Å²) in [6, 6.07) is 7.71. The number of hydrogen-bond donors (Lipinski definition) is 2. The third kappa shape index (κ3) is 2.45. The summed E-state index contributed by atoms with van der Waals surface area (Å²) in [5, 5.41) is 14.2. The number of aromatic hydroxyl groups is 1. The van der Waals surface area contributed by atoms with Gasteiger partial charge in [-0.1, -0.05) is 24.3 Å². The van der Waals surface area contributed by atoms with Crippen LogP contribution >= 0.6 is 0 Å². The van der Waals surface area contributed by atoms with E-state index in [1.54, 1.807) is 12.1 Å². The minimum Gasteiger partial charge on any atom is -0.508 e. The van der Waals surface area contributed by atoms with Crippen molar-refractivity contribution in [1.29, 1.82) is 0 Å². The van der Waals surface area contributed by atoms with E-state index >= 15 is 0 Å². The van der Waals surface area contributed by atoms with Crippen LogP contribution in [0.4, 0.5) is 0 Å². The van der Waals surface area contributed by atoms with E-state index in [2.05, 4.69) is 23.0 Å². The van der Waals surface area contributed by atoms with E-state index in [1.165, 1.54) is 11.1 Å². The normalized spacial score (nSPS) is 20.6. The van der Waals surface area contributed by atoms with Gasteiger partial charge < -0.3 is 10.4 Å². The van der Waals surface area contributed by atoms with Gasteiger partial charge in [0, 0.05) is 17.6 Å². The van der Waals surface area contributed by atoms with Crippen LogP contribution in [0.2, 0.25) is 0 Å². The van der Waals surface area contributed by atoms with Gasteiger partial charge in [-0.05, 0) is 49.2 Å². The van der Waals surface area contributed by atoms with Gasteiger partial charge in [0.05, 0.1) is 5.52 Å². The molecule has 20 heavy (non-hydrogen) atoms. The van der Waals surface area contributed by atoms with E-state index < -0.39 is 0 Å². The molecule has 3 rings (SSSR count). The molecule has 0 radical (unpaired) electrons. The lowest BCUT2D eigenvalue weighted by molar-refractivity contribution is 0.476. The van der Waals surface area contributed by atoms with Crippen molar-refractivity contribution in [3.05, 3.63) is 60.3 Å². The third-order valence-electron chi connectivity index (χ3n) is 3.82. The minimum absolute atomic E-state index is 0.285. The zero-order valence-corrected chi connectivity index (χ0v) is 11.3. The molecule has 1 unspecified atom stereocenters. The number of phenols is 1. The lowest BCUT2D eigenvalue weighted by Crippen LogP contribution is -2.25. The maximum absolute atomic E-state index is 9.68. The quantitative estimate of drug-likeness (QED) is 0.897. The van der Waals surface area contributed by atoms with E-state index in [0.29, 0.717) is 6.04 Å². The number of benzene rings is 1. The molecule has 1 aliphatic rings. The summed E-state index contributed by atoms with van der Waals surface area (Å²) in [6.07, 6.45) is 7.77. The molecule has 1 atom stereocenters. The Morgan fingerprint density at radius 3 is 3.15 bits per heavy atom. The highest BCUT2D eigenvalue weighted by Crippen LogP contribution is 2.25. The zero-order chi connectivity index (χ0) is 13.9. The number of rotatable bonds is 3. The number of nitrogens with zero attached hydrogens (tertiary/aromatic N) is 1. The Hall–Kier alpha value is -2.13. The van der Waals surface area contributed by atoms with Crippen LogP contribution in [0.15, 0.2) is 54.8 Å². The molecule has 1 aromatic heterocycles. The Labute approximate surface area is 118 Å². The largest absolute Gasteiger partial charge is 0.508 e. The summed E-state index contributed by atoms with van der Waals surface area (Å²) >= 11 is 0. The zero-order valence-electron chi connectivity index (χ0n) is 11.3. The summed E-state index contributed by atoms with van der Waals surface area (Å²) in [7, 11) is 0. The number of hydrogen-bond acceptors (Lipinski definition) is 3.